The Morgan fingerprint density at radius 3 is 2.31 bits per heavy atom. The standard InChI is InChI=1S/C16H18/c1-16(10-4-5-11-16)15-9-8-13-6-2-3-7-14(13)12-15/h2-3,6-9,12H,4-5,10-11H2,1H3. The van der Waals surface area contributed by atoms with Crippen LogP contribution in [0.25, 0.3) is 10.8 Å². The topological polar surface area (TPSA) is 0 Å². The fraction of sp³-hybridized carbons (Fsp3) is 0.375. The third kappa shape index (κ3) is 1.53. The van der Waals surface area contributed by atoms with E-state index in [0.29, 0.717) is 5.41 Å². The van der Waals surface area contributed by atoms with Crippen molar-refractivity contribution in [3.05, 3.63) is 48.0 Å². The van der Waals surface area contributed by atoms with Crippen molar-refractivity contribution >= 4 is 10.8 Å². The molecule has 2 aromatic rings. The molecule has 0 heteroatoms. The maximum atomic E-state index is 2.42. The largest absolute Gasteiger partial charge is 0.0616 e. The van der Waals surface area contributed by atoms with Gasteiger partial charge in [0.1, 0.15) is 0 Å². The maximum Gasteiger partial charge on any atom is -0.00750 e. The molecule has 0 atom stereocenters. The van der Waals surface area contributed by atoms with E-state index in [2.05, 4.69) is 49.4 Å². The summed E-state index contributed by atoms with van der Waals surface area (Å²) in [5.74, 6) is 0. The van der Waals surface area contributed by atoms with E-state index in [0.717, 1.165) is 0 Å². The first-order chi connectivity index (χ1) is 7.78. The Hall–Kier alpha value is -1.30. The molecule has 0 unspecified atom stereocenters. The highest BCUT2D eigenvalue weighted by Gasteiger charge is 2.30. The molecule has 0 bridgehead atoms. The highest BCUT2D eigenvalue weighted by molar-refractivity contribution is 5.83. The molecule has 0 radical (unpaired) electrons. The number of benzene rings is 2. The first kappa shape index (κ1) is 9.89. The molecule has 0 heterocycles. The molecule has 1 saturated carbocycles. The summed E-state index contributed by atoms with van der Waals surface area (Å²) in [7, 11) is 0. The summed E-state index contributed by atoms with van der Waals surface area (Å²) in [5.41, 5.74) is 1.97. The van der Waals surface area contributed by atoms with E-state index in [1.54, 1.807) is 0 Å². The Balaban J connectivity index is 2.11. The van der Waals surface area contributed by atoms with E-state index in [9.17, 15) is 0 Å². The van der Waals surface area contributed by atoms with Crippen molar-refractivity contribution in [1.82, 2.24) is 0 Å². The molecule has 0 aliphatic heterocycles. The van der Waals surface area contributed by atoms with Gasteiger partial charge in [-0.2, -0.15) is 0 Å². The second kappa shape index (κ2) is 3.62. The number of rotatable bonds is 1. The zero-order valence-corrected chi connectivity index (χ0v) is 9.87. The Bertz CT molecular complexity index is 504. The van der Waals surface area contributed by atoms with E-state index in [1.807, 2.05) is 0 Å². The second-order valence-electron chi connectivity index (χ2n) is 5.33. The molecule has 1 aliphatic carbocycles. The second-order valence-corrected chi connectivity index (χ2v) is 5.33. The average molecular weight is 210 g/mol. The molecule has 0 spiro atoms. The van der Waals surface area contributed by atoms with Crippen molar-refractivity contribution in [3.63, 3.8) is 0 Å². The molecule has 82 valence electrons. The molecule has 0 saturated heterocycles. The number of fused-ring (bicyclic) bond motifs is 1. The van der Waals surface area contributed by atoms with Crippen molar-refractivity contribution in [3.8, 4) is 0 Å². The van der Waals surface area contributed by atoms with Gasteiger partial charge in [0.25, 0.3) is 0 Å². The lowest BCUT2D eigenvalue weighted by Gasteiger charge is -2.24. The molecule has 0 aromatic heterocycles. The third-order valence-electron chi connectivity index (χ3n) is 4.15. The predicted octanol–water partition coefficient (Wildman–Crippen LogP) is 4.67. The van der Waals surface area contributed by atoms with Crippen LogP contribution in [0.15, 0.2) is 42.5 Å². The molecule has 16 heavy (non-hydrogen) atoms. The smallest absolute Gasteiger partial charge is 0.00750 e. The Kier molecular flexibility index (Phi) is 2.24. The van der Waals surface area contributed by atoms with E-state index in [4.69, 9.17) is 0 Å². The summed E-state index contributed by atoms with van der Waals surface area (Å²) < 4.78 is 0. The quantitative estimate of drug-likeness (QED) is 0.641. The van der Waals surface area contributed by atoms with E-state index >= 15 is 0 Å². The molecule has 0 amide bonds. The summed E-state index contributed by atoms with van der Waals surface area (Å²) in [6.07, 6.45) is 5.49. The van der Waals surface area contributed by atoms with Crippen molar-refractivity contribution in [2.75, 3.05) is 0 Å². The van der Waals surface area contributed by atoms with Crippen LogP contribution in [0.3, 0.4) is 0 Å². The van der Waals surface area contributed by atoms with Crippen LogP contribution in [0.4, 0.5) is 0 Å². The average Bonchev–Trinajstić information content (AvgIpc) is 2.77. The monoisotopic (exact) mass is 210 g/mol. The van der Waals surface area contributed by atoms with Gasteiger partial charge in [-0.25, -0.2) is 0 Å². The van der Waals surface area contributed by atoms with Gasteiger partial charge in [-0.05, 0) is 34.6 Å². The lowest BCUT2D eigenvalue weighted by Crippen LogP contribution is -2.16. The molecular weight excluding hydrogens is 192 g/mol. The SMILES string of the molecule is CC1(c2ccc3ccccc3c2)CCCC1. The molecule has 0 nitrogen and oxygen atoms in total. The van der Waals surface area contributed by atoms with Crippen molar-refractivity contribution in [1.29, 1.82) is 0 Å². The summed E-state index contributed by atoms with van der Waals surface area (Å²) >= 11 is 0. The molecule has 2 aromatic carbocycles. The van der Waals surface area contributed by atoms with Crippen LogP contribution in [0.5, 0.6) is 0 Å². The molecule has 1 aliphatic rings. The Morgan fingerprint density at radius 2 is 1.56 bits per heavy atom. The fourth-order valence-corrected chi connectivity index (χ4v) is 3.01. The van der Waals surface area contributed by atoms with Crippen LogP contribution >= 0.6 is 0 Å². The summed E-state index contributed by atoms with van der Waals surface area (Å²) in [6.45, 7) is 2.42. The Morgan fingerprint density at radius 1 is 0.875 bits per heavy atom. The van der Waals surface area contributed by atoms with Gasteiger partial charge in [0.05, 0.1) is 0 Å². The summed E-state index contributed by atoms with van der Waals surface area (Å²) in [5, 5.41) is 2.74. The minimum atomic E-state index is 0.435. The zero-order valence-electron chi connectivity index (χ0n) is 9.87. The van der Waals surface area contributed by atoms with Crippen LogP contribution in [-0.2, 0) is 5.41 Å². The van der Waals surface area contributed by atoms with Gasteiger partial charge < -0.3 is 0 Å². The van der Waals surface area contributed by atoms with Crippen LogP contribution in [0, 0.1) is 0 Å². The minimum Gasteiger partial charge on any atom is -0.0616 e. The number of hydrogen-bond donors (Lipinski definition) is 0. The summed E-state index contributed by atoms with van der Waals surface area (Å²) in [4.78, 5) is 0. The molecule has 0 N–H and O–H groups in total. The van der Waals surface area contributed by atoms with Crippen LogP contribution in [0.1, 0.15) is 38.2 Å². The van der Waals surface area contributed by atoms with Crippen LogP contribution in [-0.4, -0.2) is 0 Å². The van der Waals surface area contributed by atoms with E-state index < -0.39 is 0 Å². The van der Waals surface area contributed by atoms with Crippen LogP contribution < -0.4 is 0 Å². The van der Waals surface area contributed by atoms with Gasteiger partial charge in [-0.15, -0.1) is 0 Å². The molecule has 3 rings (SSSR count). The highest BCUT2D eigenvalue weighted by Crippen LogP contribution is 2.41. The van der Waals surface area contributed by atoms with Gasteiger partial charge in [0.2, 0.25) is 0 Å². The van der Waals surface area contributed by atoms with Crippen molar-refractivity contribution < 1.29 is 0 Å². The zero-order chi connectivity index (χ0) is 11.0. The first-order valence-electron chi connectivity index (χ1n) is 6.27. The lowest BCUT2D eigenvalue weighted by molar-refractivity contribution is 0.492. The van der Waals surface area contributed by atoms with Crippen molar-refractivity contribution in [2.45, 2.75) is 38.0 Å². The van der Waals surface area contributed by atoms with Crippen LogP contribution in [0.2, 0.25) is 0 Å². The van der Waals surface area contributed by atoms with E-state index in [-0.39, 0.29) is 0 Å². The Labute approximate surface area is 97.3 Å². The van der Waals surface area contributed by atoms with Gasteiger partial charge in [0, 0.05) is 0 Å². The van der Waals surface area contributed by atoms with Gasteiger partial charge >= 0.3 is 0 Å². The van der Waals surface area contributed by atoms with Crippen molar-refractivity contribution in [2.24, 2.45) is 0 Å². The van der Waals surface area contributed by atoms with E-state index in [1.165, 1.54) is 42.0 Å². The summed E-state index contributed by atoms with van der Waals surface area (Å²) in [6, 6.07) is 15.6. The highest BCUT2D eigenvalue weighted by atomic mass is 14.3. The lowest BCUT2D eigenvalue weighted by atomic mass is 9.80. The van der Waals surface area contributed by atoms with Gasteiger partial charge in [-0.3, -0.25) is 0 Å². The molecule has 1 fully saturated rings. The fourth-order valence-electron chi connectivity index (χ4n) is 3.01. The predicted molar refractivity (Wildman–Crippen MR) is 69.8 cm³/mol. The first-order valence-corrected chi connectivity index (χ1v) is 6.27. The minimum absolute atomic E-state index is 0.435. The third-order valence-corrected chi connectivity index (χ3v) is 4.15. The number of hydrogen-bond acceptors (Lipinski definition) is 0. The normalized spacial score (nSPS) is 19.1. The molecular formula is C16H18. The van der Waals surface area contributed by atoms with Gasteiger partial charge in [0.15, 0.2) is 0 Å². The maximum absolute atomic E-state index is 2.42. The van der Waals surface area contributed by atoms with Gasteiger partial charge in [-0.1, -0.05) is 62.2 Å².